The molecule has 6 rings (SSSR count). The number of nitrogens with zero attached hydrogens (tertiary/aromatic N) is 7. The van der Waals surface area contributed by atoms with Crippen LogP contribution in [0, 0.1) is 0 Å². The molecule has 0 bridgehead atoms. The first-order valence-corrected chi connectivity index (χ1v) is 12.3. The molecule has 0 spiro atoms. The minimum Gasteiger partial charge on any atom is -0.354 e. The van der Waals surface area contributed by atoms with Crippen molar-refractivity contribution in [3.63, 3.8) is 0 Å². The minimum absolute atomic E-state index is 0.0361. The number of rotatable bonds is 3. The molecule has 1 fully saturated rings. The van der Waals surface area contributed by atoms with Crippen molar-refractivity contribution < 1.29 is 0 Å². The quantitative estimate of drug-likeness (QED) is 0.447. The first kappa shape index (κ1) is 21.9. The van der Waals surface area contributed by atoms with E-state index < -0.39 is 0 Å². The maximum absolute atomic E-state index is 5.06. The van der Waals surface area contributed by atoms with E-state index in [1.807, 2.05) is 18.7 Å². The number of allylic oxidation sites excluding steroid dienone is 1. The van der Waals surface area contributed by atoms with E-state index in [4.69, 9.17) is 15.0 Å². The molecular weight excluding hydrogens is 434 g/mol. The van der Waals surface area contributed by atoms with Crippen LogP contribution >= 0.6 is 0 Å². The first-order valence-electron chi connectivity index (χ1n) is 12.3. The number of benzene rings is 1. The van der Waals surface area contributed by atoms with Gasteiger partial charge in [-0.05, 0) is 57.6 Å². The van der Waals surface area contributed by atoms with Gasteiger partial charge in [0.15, 0.2) is 0 Å². The predicted octanol–water partition coefficient (Wildman–Crippen LogP) is 4.38. The fourth-order valence-corrected chi connectivity index (χ4v) is 4.94. The summed E-state index contributed by atoms with van der Waals surface area (Å²) >= 11 is 0. The molecule has 2 aliphatic rings. The van der Waals surface area contributed by atoms with Crippen molar-refractivity contribution in [2.75, 3.05) is 38.1 Å². The average molecular weight is 466 g/mol. The van der Waals surface area contributed by atoms with Crippen LogP contribution < -0.4 is 4.90 Å². The van der Waals surface area contributed by atoms with Gasteiger partial charge in [0, 0.05) is 55.5 Å². The Kier molecular flexibility index (Phi) is 5.18. The van der Waals surface area contributed by atoms with Gasteiger partial charge in [-0.2, -0.15) is 0 Å². The van der Waals surface area contributed by atoms with Gasteiger partial charge in [-0.3, -0.25) is 4.98 Å². The van der Waals surface area contributed by atoms with Gasteiger partial charge in [0.25, 0.3) is 0 Å². The number of aromatic nitrogens is 5. The second-order valence-corrected chi connectivity index (χ2v) is 10.6. The standard InChI is InChI=1S/C28H31N7/c1-28(2,3)35-18-31-22-8-5-19(15-25(22)35)21-7-9-23-27(21)32-24(17-29-23)20-6-10-26(30-16-20)34-13-11-33(4)12-14-34/h5-8,10,15-18H,9,11-14H2,1-4H3. The van der Waals surface area contributed by atoms with Crippen molar-refractivity contribution in [2.45, 2.75) is 32.7 Å². The largest absolute Gasteiger partial charge is 0.354 e. The molecule has 0 saturated carbocycles. The van der Waals surface area contributed by atoms with Gasteiger partial charge in [0.1, 0.15) is 5.82 Å². The van der Waals surface area contributed by atoms with Gasteiger partial charge in [0.2, 0.25) is 0 Å². The molecule has 178 valence electrons. The normalized spacial score (nSPS) is 16.6. The number of hydrogen-bond donors (Lipinski definition) is 0. The van der Waals surface area contributed by atoms with E-state index >= 15 is 0 Å². The fourth-order valence-electron chi connectivity index (χ4n) is 4.94. The van der Waals surface area contributed by atoms with Gasteiger partial charge in [-0.1, -0.05) is 12.1 Å². The van der Waals surface area contributed by atoms with Crippen molar-refractivity contribution in [3.8, 4) is 11.3 Å². The molecule has 0 unspecified atom stereocenters. The zero-order valence-corrected chi connectivity index (χ0v) is 20.9. The second-order valence-electron chi connectivity index (χ2n) is 10.6. The third-order valence-corrected chi connectivity index (χ3v) is 7.05. The molecule has 1 aliphatic carbocycles. The van der Waals surface area contributed by atoms with Crippen LogP contribution in [0.5, 0.6) is 0 Å². The Labute approximate surface area is 206 Å². The van der Waals surface area contributed by atoms with Crippen LogP contribution in [-0.2, 0) is 12.0 Å². The molecular formula is C28H31N7. The molecule has 3 aromatic heterocycles. The van der Waals surface area contributed by atoms with Gasteiger partial charge in [-0.15, -0.1) is 0 Å². The Morgan fingerprint density at radius 2 is 1.66 bits per heavy atom. The fraction of sp³-hybridized carbons (Fsp3) is 0.357. The Hall–Kier alpha value is -3.58. The maximum Gasteiger partial charge on any atom is 0.128 e. The molecule has 4 aromatic rings. The van der Waals surface area contributed by atoms with Gasteiger partial charge >= 0.3 is 0 Å². The highest BCUT2D eigenvalue weighted by Gasteiger charge is 2.22. The van der Waals surface area contributed by atoms with Crippen LogP contribution in [0.15, 0.2) is 55.1 Å². The SMILES string of the molecule is CN1CCN(c2ccc(-c3cnc4c(n3)C(c3ccc5ncn(C(C)(C)C)c5c3)=CC4)cn2)CC1. The second kappa shape index (κ2) is 8.27. The first-order chi connectivity index (χ1) is 16.9. The lowest BCUT2D eigenvalue weighted by Gasteiger charge is -2.33. The number of imidazole rings is 1. The number of likely N-dealkylation sites (N-methyl/N-ethyl adjacent to an activating group) is 1. The summed E-state index contributed by atoms with van der Waals surface area (Å²) in [7, 11) is 2.17. The van der Waals surface area contributed by atoms with Crippen molar-refractivity contribution in [1.82, 2.24) is 29.4 Å². The van der Waals surface area contributed by atoms with Crippen LogP contribution in [-0.4, -0.2) is 62.6 Å². The van der Waals surface area contributed by atoms with Crippen molar-refractivity contribution in [3.05, 3.63) is 72.1 Å². The smallest absolute Gasteiger partial charge is 0.128 e. The van der Waals surface area contributed by atoms with E-state index in [9.17, 15) is 0 Å². The number of fused-ring (bicyclic) bond motifs is 2. The predicted molar refractivity (Wildman–Crippen MR) is 140 cm³/mol. The van der Waals surface area contributed by atoms with Gasteiger partial charge in [-0.25, -0.2) is 15.0 Å². The Balaban J connectivity index is 1.31. The topological polar surface area (TPSA) is 63.0 Å². The summed E-state index contributed by atoms with van der Waals surface area (Å²) in [5.74, 6) is 1.03. The van der Waals surface area contributed by atoms with Crippen molar-refractivity contribution in [2.24, 2.45) is 0 Å². The summed E-state index contributed by atoms with van der Waals surface area (Å²) in [6, 6.07) is 10.7. The number of hydrogen-bond acceptors (Lipinski definition) is 6. The highest BCUT2D eigenvalue weighted by molar-refractivity contribution is 5.88. The third kappa shape index (κ3) is 4.00. The Morgan fingerprint density at radius 3 is 2.40 bits per heavy atom. The highest BCUT2D eigenvalue weighted by Crippen LogP contribution is 2.34. The van der Waals surface area contributed by atoms with E-state index in [1.165, 1.54) is 0 Å². The number of piperazine rings is 1. The average Bonchev–Trinajstić information content (AvgIpc) is 3.48. The summed E-state index contributed by atoms with van der Waals surface area (Å²) in [4.78, 5) is 23.9. The maximum atomic E-state index is 5.06. The van der Waals surface area contributed by atoms with E-state index in [0.717, 1.165) is 83.2 Å². The van der Waals surface area contributed by atoms with E-state index in [1.54, 1.807) is 0 Å². The minimum atomic E-state index is -0.0361. The summed E-state index contributed by atoms with van der Waals surface area (Å²) < 4.78 is 2.23. The van der Waals surface area contributed by atoms with Crippen LogP contribution in [0.4, 0.5) is 5.82 Å². The number of pyridine rings is 1. The van der Waals surface area contributed by atoms with Crippen molar-refractivity contribution in [1.29, 1.82) is 0 Å². The molecule has 0 atom stereocenters. The van der Waals surface area contributed by atoms with Crippen molar-refractivity contribution >= 4 is 22.4 Å². The molecule has 0 amide bonds. The summed E-state index contributed by atoms with van der Waals surface area (Å²) in [6.45, 7) is 10.7. The highest BCUT2D eigenvalue weighted by atomic mass is 15.3. The van der Waals surface area contributed by atoms with Crippen LogP contribution in [0.2, 0.25) is 0 Å². The molecule has 0 radical (unpaired) electrons. The number of anilines is 1. The molecule has 7 nitrogen and oxygen atoms in total. The monoisotopic (exact) mass is 465 g/mol. The molecule has 7 heteroatoms. The summed E-state index contributed by atoms with van der Waals surface area (Å²) in [6.07, 6.45) is 8.77. The Morgan fingerprint density at radius 1 is 0.857 bits per heavy atom. The van der Waals surface area contributed by atoms with E-state index in [2.05, 4.69) is 83.6 Å². The molecule has 4 heterocycles. The van der Waals surface area contributed by atoms with E-state index in [0.29, 0.717) is 0 Å². The summed E-state index contributed by atoms with van der Waals surface area (Å²) in [5.41, 5.74) is 8.23. The Bertz CT molecular complexity index is 1420. The lowest BCUT2D eigenvalue weighted by atomic mass is 10.0. The van der Waals surface area contributed by atoms with Crippen LogP contribution in [0.25, 0.3) is 27.9 Å². The molecule has 1 aliphatic heterocycles. The molecule has 1 saturated heterocycles. The van der Waals surface area contributed by atoms with Gasteiger partial charge in [0.05, 0.1) is 40.6 Å². The lowest BCUT2D eigenvalue weighted by molar-refractivity contribution is 0.312. The molecule has 0 N–H and O–H groups in total. The zero-order chi connectivity index (χ0) is 24.2. The molecule has 35 heavy (non-hydrogen) atoms. The van der Waals surface area contributed by atoms with E-state index in [-0.39, 0.29) is 5.54 Å². The molecule has 1 aromatic carbocycles. The lowest BCUT2D eigenvalue weighted by Crippen LogP contribution is -2.44. The third-order valence-electron chi connectivity index (χ3n) is 7.05. The van der Waals surface area contributed by atoms with Crippen LogP contribution in [0.1, 0.15) is 37.7 Å². The van der Waals surface area contributed by atoms with Gasteiger partial charge < -0.3 is 14.4 Å². The van der Waals surface area contributed by atoms with Crippen LogP contribution in [0.3, 0.4) is 0 Å². The summed E-state index contributed by atoms with van der Waals surface area (Å²) in [5, 5.41) is 0. The zero-order valence-electron chi connectivity index (χ0n) is 20.9.